The molecule has 0 atom stereocenters. The van der Waals surface area contributed by atoms with Crippen LogP contribution in [-0.2, 0) is 22.6 Å². The maximum absolute atomic E-state index is 14.4. The second kappa shape index (κ2) is 16.3. The molecule has 214 valence electrons. The zero-order chi connectivity index (χ0) is 28.0. The molecule has 39 heavy (non-hydrogen) atoms. The topological polar surface area (TPSA) is 42.0 Å². The number of hydrogen-bond acceptors (Lipinski definition) is 4. The number of rotatable bonds is 15. The third-order valence-electron chi connectivity index (χ3n) is 7.18. The summed E-state index contributed by atoms with van der Waals surface area (Å²) in [5.41, 5.74) is 0.741. The normalized spacial score (nSPS) is 17.3. The number of nitrogens with zero attached hydrogens (tertiary/aromatic N) is 2. The van der Waals surface area contributed by atoms with E-state index < -0.39 is 23.5 Å². The first-order valence-electron chi connectivity index (χ1n) is 13.9. The summed E-state index contributed by atoms with van der Waals surface area (Å²) in [7, 11) is 2.10. The SMILES string of the molecule is C=CCN(C)CCCCCCO[C@H]1CC[C@H](N(Cc2cc(F)c(F)cc2F)C(=O)OCc2ccccc2)CC1. The molecule has 2 aromatic carbocycles. The van der Waals surface area contributed by atoms with E-state index in [4.69, 9.17) is 9.47 Å². The van der Waals surface area contributed by atoms with Gasteiger partial charge in [-0.3, -0.25) is 0 Å². The number of ether oxygens (including phenoxy) is 2. The Balaban J connectivity index is 1.49. The van der Waals surface area contributed by atoms with E-state index in [9.17, 15) is 18.0 Å². The van der Waals surface area contributed by atoms with Crippen LogP contribution in [0.5, 0.6) is 0 Å². The van der Waals surface area contributed by atoms with E-state index >= 15 is 0 Å². The van der Waals surface area contributed by atoms with Gasteiger partial charge in [0.2, 0.25) is 0 Å². The van der Waals surface area contributed by atoms with Crippen molar-refractivity contribution in [3.63, 3.8) is 0 Å². The first-order valence-corrected chi connectivity index (χ1v) is 13.9. The van der Waals surface area contributed by atoms with Crippen LogP contribution in [0.2, 0.25) is 0 Å². The van der Waals surface area contributed by atoms with Crippen molar-refractivity contribution < 1.29 is 27.4 Å². The number of unbranched alkanes of at least 4 members (excludes halogenated alkanes) is 3. The van der Waals surface area contributed by atoms with Gasteiger partial charge in [-0.1, -0.05) is 49.2 Å². The molecule has 8 heteroatoms. The minimum atomic E-state index is -1.26. The molecule has 0 bridgehead atoms. The van der Waals surface area contributed by atoms with Crippen molar-refractivity contribution in [3.05, 3.63) is 83.7 Å². The summed E-state index contributed by atoms with van der Waals surface area (Å²) in [4.78, 5) is 16.8. The molecule has 0 N–H and O–H groups in total. The number of likely N-dealkylation sites (N-methyl/N-ethyl adjacent to an activating group) is 1. The van der Waals surface area contributed by atoms with Gasteiger partial charge in [0.05, 0.1) is 12.6 Å². The number of carbonyl (C=O) groups excluding carboxylic acids is 1. The summed E-state index contributed by atoms with van der Waals surface area (Å²) < 4.78 is 53.4. The lowest BCUT2D eigenvalue weighted by Crippen LogP contribution is -2.43. The van der Waals surface area contributed by atoms with E-state index in [1.165, 1.54) is 4.90 Å². The molecule has 0 heterocycles. The molecule has 1 aliphatic rings. The Hall–Kier alpha value is -2.84. The Bertz CT molecular complexity index is 1030. The highest BCUT2D eigenvalue weighted by molar-refractivity contribution is 5.68. The molecule has 1 saturated carbocycles. The molecule has 0 saturated heterocycles. The van der Waals surface area contributed by atoms with Crippen molar-refractivity contribution in [2.45, 2.75) is 76.7 Å². The fraction of sp³-hybridized carbons (Fsp3) is 0.516. The summed E-state index contributed by atoms with van der Waals surface area (Å²) in [6, 6.07) is 10.4. The quantitative estimate of drug-likeness (QED) is 0.134. The van der Waals surface area contributed by atoms with Gasteiger partial charge >= 0.3 is 6.09 Å². The summed E-state index contributed by atoms with van der Waals surface area (Å²) in [6.07, 6.45) is 8.72. The molecule has 5 nitrogen and oxygen atoms in total. The van der Waals surface area contributed by atoms with Crippen LogP contribution in [0.3, 0.4) is 0 Å². The monoisotopic (exact) mass is 546 g/mol. The van der Waals surface area contributed by atoms with Gasteiger partial charge in [-0.05, 0) is 63.7 Å². The van der Waals surface area contributed by atoms with Crippen molar-refractivity contribution in [1.82, 2.24) is 9.80 Å². The second-order valence-corrected chi connectivity index (χ2v) is 10.3. The molecule has 0 aromatic heterocycles. The maximum atomic E-state index is 14.4. The highest BCUT2D eigenvalue weighted by atomic mass is 19.2. The number of carbonyl (C=O) groups is 1. The summed E-state index contributed by atoms with van der Waals surface area (Å²) in [5.74, 6) is -3.30. The van der Waals surface area contributed by atoms with Crippen LogP contribution in [0, 0.1) is 17.5 Å². The molecule has 2 aromatic rings. The standard InChI is InChI=1S/C31H41F3N2O3/c1-3-17-35(2)18-9-4-5-10-19-38-27-15-13-26(14-16-27)36(22-25-20-29(33)30(34)21-28(25)32)31(37)39-23-24-11-7-6-8-12-24/h3,6-8,11-12,20-21,26-27H,1,4-5,9-10,13-19,22-23H2,2H3/t26-,27-. The molecule has 3 rings (SSSR count). The average molecular weight is 547 g/mol. The predicted molar refractivity (Wildman–Crippen MR) is 147 cm³/mol. The van der Waals surface area contributed by atoms with E-state index in [-0.39, 0.29) is 30.9 Å². The lowest BCUT2D eigenvalue weighted by molar-refractivity contribution is 0.00179. The van der Waals surface area contributed by atoms with E-state index in [0.29, 0.717) is 25.5 Å². The van der Waals surface area contributed by atoms with Crippen molar-refractivity contribution in [2.75, 3.05) is 26.7 Å². The lowest BCUT2D eigenvalue weighted by Gasteiger charge is -2.36. The highest BCUT2D eigenvalue weighted by Crippen LogP contribution is 2.28. The van der Waals surface area contributed by atoms with Crippen LogP contribution >= 0.6 is 0 Å². The highest BCUT2D eigenvalue weighted by Gasteiger charge is 2.31. The van der Waals surface area contributed by atoms with E-state index in [0.717, 1.165) is 63.2 Å². The van der Waals surface area contributed by atoms with Gasteiger partial charge in [0.15, 0.2) is 11.6 Å². The van der Waals surface area contributed by atoms with E-state index in [2.05, 4.69) is 18.5 Å². The van der Waals surface area contributed by atoms with Crippen molar-refractivity contribution in [1.29, 1.82) is 0 Å². The second-order valence-electron chi connectivity index (χ2n) is 10.3. The van der Waals surface area contributed by atoms with Crippen LogP contribution in [0.15, 0.2) is 55.1 Å². The number of benzene rings is 2. The van der Waals surface area contributed by atoms with Crippen LogP contribution in [-0.4, -0.2) is 54.8 Å². The molecule has 0 radical (unpaired) electrons. The molecule has 1 aliphatic carbocycles. The number of hydrogen-bond donors (Lipinski definition) is 0. The molecule has 0 aliphatic heterocycles. The van der Waals surface area contributed by atoms with E-state index in [1.807, 2.05) is 36.4 Å². The predicted octanol–water partition coefficient (Wildman–Crippen LogP) is 7.25. The molecule has 1 fully saturated rings. The average Bonchev–Trinajstić information content (AvgIpc) is 2.93. The van der Waals surface area contributed by atoms with Gasteiger partial charge < -0.3 is 19.3 Å². The Morgan fingerprint density at radius 3 is 2.38 bits per heavy atom. The van der Waals surface area contributed by atoms with Crippen molar-refractivity contribution in [2.24, 2.45) is 0 Å². The summed E-state index contributed by atoms with van der Waals surface area (Å²) in [5, 5.41) is 0. The number of amides is 1. The molecule has 1 amide bonds. The molecular formula is C31H41F3N2O3. The smallest absolute Gasteiger partial charge is 0.410 e. The molecular weight excluding hydrogens is 505 g/mol. The zero-order valence-electron chi connectivity index (χ0n) is 22.9. The Morgan fingerprint density at radius 1 is 0.974 bits per heavy atom. The Labute approximate surface area is 230 Å². The molecule has 0 spiro atoms. The lowest BCUT2D eigenvalue weighted by atomic mass is 9.91. The Morgan fingerprint density at radius 2 is 1.67 bits per heavy atom. The molecule has 0 unspecified atom stereocenters. The van der Waals surface area contributed by atoms with Gasteiger partial charge in [-0.15, -0.1) is 6.58 Å². The fourth-order valence-corrected chi connectivity index (χ4v) is 4.94. The van der Waals surface area contributed by atoms with Gasteiger partial charge in [0.25, 0.3) is 0 Å². The third-order valence-corrected chi connectivity index (χ3v) is 7.18. The minimum absolute atomic E-state index is 0.0689. The van der Waals surface area contributed by atoms with Crippen LogP contribution in [0.4, 0.5) is 18.0 Å². The summed E-state index contributed by atoms with van der Waals surface area (Å²) in [6.45, 7) is 6.31. The van der Waals surface area contributed by atoms with Gasteiger partial charge in [0.1, 0.15) is 12.4 Å². The van der Waals surface area contributed by atoms with Gasteiger partial charge in [-0.2, -0.15) is 0 Å². The zero-order valence-corrected chi connectivity index (χ0v) is 22.9. The van der Waals surface area contributed by atoms with Gasteiger partial charge in [-0.25, -0.2) is 18.0 Å². The minimum Gasteiger partial charge on any atom is -0.445 e. The Kier molecular flexibility index (Phi) is 12.8. The largest absolute Gasteiger partial charge is 0.445 e. The van der Waals surface area contributed by atoms with E-state index in [1.54, 1.807) is 0 Å². The maximum Gasteiger partial charge on any atom is 0.410 e. The van der Waals surface area contributed by atoms with Crippen molar-refractivity contribution >= 4 is 6.09 Å². The third kappa shape index (κ3) is 10.3. The number of halogens is 3. The van der Waals surface area contributed by atoms with Crippen LogP contribution < -0.4 is 0 Å². The van der Waals surface area contributed by atoms with Crippen molar-refractivity contribution in [3.8, 4) is 0 Å². The van der Waals surface area contributed by atoms with Gasteiger partial charge in [0, 0.05) is 30.8 Å². The first kappa shape index (κ1) is 30.7. The summed E-state index contributed by atoms with van der Waals surface area (Å²) >= 11 is 0. The van der Waals surface area contributed by atoms with Crippen LogP contribution in [0.25, 0.3) is 0 Å². The fourth-order valence-electron chi connectivity index (χ4n) is 4.94. The first-order chi connectivity index (χ1) is 18.9. The van der Waals surface area contributed by atoms with Crippen LogP contribution in [0.1, 0.15) is 62.5 Å².